The molecule has 1 amide bonds. The van der Waals surface area contributed by atoms with E-state index in [2.05, 4.69) is 5.32 Å². The number of anilines is 1. The molecular formula is C21H18ClFN2O3S. The highest BCUT2D eigenvalue weighted by molar-refractivity contribution is 7.92. The summed E-state index contributed by atoms with van der Waals surface area (Å²) >= 11 is 6.02. The Labute approximate surface area is 173 Å². The number of hydrogen-bond donors (Lipinski definition) is 1. The zero-order chi connectivity index (χ0) is 20.9. The highest BCUT2D eigenvalue weighted by Gasteiger charge is 2.27. The Morgan fingerprint density at radius 1 is 0.966 bits per heavy atom. The molecule has 150 valence electrons. The third-order valence-electron chi connectivity index (χ3n) is 4.12. The third-order valence-corrected chi connectivity index (χ3v) is 6.14. The number of benzene rings is 3. The maximum atomic E-state index is 13.2. The van der Waals surface area contributed by atoms with Gasteiger partial charge in [-0.15, -0.1) is 0 Å². The van der Waals surface area contributed by atoms with Crippen molar-refractivity contribution in [3.63, 3.8) is 0 Å². The SMILES string of the molecule is O=C(CN(c1cccc(Cl)c1)S(=O)(=O)c1ccccc1)NCc1ccc(F)cc1. The van der Waals surface area contributed by atoms with Crippen molar-refractivity contribution in [1.29, 1.82) is 0 Å². The zero-order valence-corrected chi connectivity index (χ0v) is 16.8. The van der Waals surface area contributed by atoms with E-state index in [0.717, 1.165) is 4.31 Å². The van der Waals surface area contributed by atoms with Gasteiger partial charge in [0, 0.05) is 11.6 Å². The lowest BCUT2D eigenvalue weighted by Crippen LogP contribution is -2.40. The number of nitrogens with one attached hydrogen (secondary N) is 1. The van der Waals surface area contributed by atoms with E-state index in [9.17, 15) is 17.6 Å². The van der Waals surface area contributed by atoms with Gasteiger partial charge < -0.3 is 5.32 Å². The average molecular weight is 433 g/mol. The van der Waals surface area contributed by atoms with E-state index in [-0.39, 0.29) is 22.9 Å². The topological polar surface area (TPSA) is 66.5 Å². The summed E-state index contributed by atoms with van der Waals surface area (Å²) in [5.41, 5.74) is 0.971. The molecule has 0 bridgehead atoms. The molecule has 29 heavy (non-hydrogen) atoms. The number of halogens is 2. The number of rotatable bonds is 7. The molecule has 0 unspecified atom stereocenters. The largest absolute Gasteiger partial charge is 0.350 e. The summed E-state index contributed by atoms with van der Waals surface area (Å²) in [4.78, 5) is 12.6. The maximum absolute atomic E-state index is 13.2. The van der Waals surface area contributed by atoms with Crippen molar-refractivity contribution in [2.75, 3.05) is 10.8 Å². The van der Waals surface area contributed by atoms with Crippen LogP contribution in [0.3, 0.4) is 0 Å². The van der Waals surface area contributed by atoms with Gasteiger partial charge in [0.2, 0.25) is 5.91 Å². The van der Waals surface area contributed by atoms with Crippen LogP contribution < -0.4 is 9.62 Å². The van der Waals surface area contributed by atoms with Crippen molar-refractivity contribution in [2.24, 2.45) is 0 Å². The predicted molar refractivity (Wildman–Crippen MR) is 111 cm³/mol. The molecule has 0 fully saturated rings. The number of amides is 1. The second kappa shape index (κ2) is 9.07. The van der Waals surface area contributed by atoms with Crippen LogP contribution in [-0.2, 0) is 21.4 Å². The standard InChI is InChI=1S/C21H18ClFN2O3S/c22-17-5-4-6-19(13-17)25(29(27,28)20-7-2-1-3-8-20)15-21(26)24-14-16-9-11-18(23)12-10-16/h1-13H,14-15H2,(H,24,26). The number of hydrogen-bond acceptors (Lipinski definition) is 3. The second-order valence-electron chi connectivity index (χ2n) is 6.21. The smallest absolute Gasteiger partial charge is 0.264 e. The molecule has 0 atom stereocenters. The number of carbonyl (C=O) groups is 1. The Morgan fingerprint density at radius 3 is 2.31 bits per heavy atom. The summed E-state index contributed by atoms with van der Waals surface area (Å²) in [5.74, 6) is -0.880. The molecule has 3 aromatic rings. The van der Waals surface area contributed by atoms with E-state index in [0.29, 0.717) is 10.6 Å². The summed E-state index contributed by atoms with van der Waals surface area (Å²) < 4.78 is 40.3. The Kier molecular flexibility index (Phi) is 6.51. The summed E-state index contributed by atoms with van der Waals surface area (Å²) in [6.07, 6.45) is 0. The van der Waals surface area contributed by atoms with Gasteiger partial charge >= 0.3 is 0 Å². The van der Waals surface area contributed by atoms with Crippen LogP contribution in [0.25, 0.3) is 0 Å². The molecule has 0 radical (unpaired) electrons. The summed E-state index contributed by atoms with van der Waals surface area (Å²) in [7, 11) is -3.99. The minimum Gasteiger partial charge on any atom is -0.350 e. The molecule has 0 aliphatic rings. The van der Waals surface area contributed by atoms with Gasteiger partial charge in [0.25, 0.3) is 10.0 Å². The Morgan fingerprint density at radius 2 is 1.66 bits per heavy atom. The lowest BCUT2D eigenvalue weighted by atomic mass is 10.2. The fourth-order valence-electron chi connectivity index (χ4n) is 2.66. The zero-order valence-electron chi connectivity index (χ0n) is 15.3. The Hall–Kier alpha value is -2.90. The minimum absolute atomic E-state index is 0.0614. The van der Waals surface area contributed by atoms with Gasteiger partial charge in [0.15, 0.2) is 0 Å². The van der Waals surface area contributed by atoms with Crippen molar-refractivity contribution in [1.82, 2.24) is 5.32 Å². The molecule has 0 spiro atoms. The molecular weight excluding hydrogens is 415 g/mol. The average Bonchev–Trinajstić information content (AvgIpc) is 2.72. The molecule has 0 aliphatic heterocycles. The van der Waals surface area contributed by atoms with Gasteiger partial charge in [-0.05, 0) is 48.0 Å². The molecule has 3 rings (SSSR count). The van der Waals surface area contributed by atoms with Crippen LogP contribution in [0.5, 0.6) is 0 Å². The van der Waals surface area contributed by atoms with Crippen LogP contribution >= 0.6 is 11.6 Å². The van der Waals surface area contributed by atoms with Gasteiger partial charge in [-0.1, -0.05) is 48.0 Å². The molecule has 5 nitrogen and oxygen atoms in total. The lowest BCUT2D eigenvalue weighted by molar-refractivity contribution is -0.119. The highest BCUT2D eigenvalue weighted by Crippen LogP contribution is 2.25. The van der Waals surface area contributed by atoms with E-state index in [1.165, 1.54) is 30.3 Å². The summed E-state index contributed by atoms with van der Waals surface area (Å²) in [5, 5.41) is 3.01. The van der Waals surface area contributed by atoms with E-state index >= 15 is 0 Å². The summed E-state index contributed by atoms with van der Waals surface area (Å²) in [6.45, 7) is -0.285. The fourth-order valence-corrected chi connectivity index (χ4v) is 4.27. The molecule has 1 N–H and O–H groups in total. The number of nitrogens with zero attached hydrogens (tertiary/aromatic N) is 1. The van der Waals surface area contributed by atoms with Gasteiger partial charge in [0.1, 0.15) is 12.4 Å². The third kappa shape index (κ3) is 5.34. The monoisotopic (exact) mass is 432 g/mol. The normalized spacial score (nSPS) is 11.1. The van der Waals surface area contributed by atoms with Gasteiger partial charge in [-0.2, -0.15) is 0 Å². The van der Waals surface area contributed by atoms with Crippen LogP contribution in [-0.4, -0.2) is 20.9 Å². The van der Waals surface area contributed by atoms with Crippen molar-refractivity contribution in [2.45, 2.75) is 11.4 Å². The Bertz CT molecular complexity index is 1090. The number of carbonyl (C=O) groups excluding carboxylic acids is 1. The maximum Gasteiger partial charge on any atom is 0.264 e. The van der Waals surface area contributed by atoms with Crippen LogP contribution in [0.4, 0.5) is 10.1 Å². The minimum atomic E-state index is -3.99. The predicted octanol–water partition coefficient (Wildman–Crippen LogP) is 3.99. The van der Waals surface area contributed by atoms with Crippen LogP contribution in [0.1, 0.15) is 5.56 Å². The van der Waals surface area contributed by atoms with Gasteiger partial charge in [-0.3, -0.25) is 9.10 Å². The molecule has 3 aromatic carbocycles. The lowest BCUT2D eigenvalue weighted by Gasteiger charge is -2.24. The molecule has 0 saturated carbocycles. The molecule has 0 heterocycles. The van der Waals surface area contributed by atoms with Crippen LogP contribution in [0.2, 0.25) is 5.02 Å². The Balaban J connectivity index is 1.83. The molecule has 8 heteroatoms. The van der Waals surface area contributed by atoms with Crippen molar-refractivity contribution >= 4 is 33.2 Å². The van der Waals surface area contributed by atoms with Crippen LogP contribution in [0, 0.1) is 5.82 Å². The first-order valence-electron chi connectivity index (χ1n) is 8.71. The van der Waals surface area contributed by atoms with Gasteiger partial charge in [0.05, 0.1) is 10.6 Å². The first kappa shape index (κ1) is 20.8. The van der Waals surface area contributed by atoms with E-state index in [1.807, 2.05) is 0 Å². The highest BCUT2D eigenvalue weighted by atomic mass is 35.5. The first-order chi connectivity index (χ1) is 13.9. The molecule has 0 aliphatic carbocycles. The first-order valence-corrected chi connectivity index (χ1v) is 10.5. The van der Waals surface area contributed by atoms with Gasteiger partial charge in [-0.25, -0.2) is 12.8 Å². The van der Waals surface area contributed by atoms with Crippen molar-refractivity contribution < 1.29 is 17.6 Å². The number of sulfonamides is 1. The fraction of sp³-hybridized carbons (Fsp3) is 0.0952. The summed E-state index contributed by atoms with van der Waals surface area (Å²) in [6, 6.07) is 19.8. The molecule has 0 aromatic heterocycles. The van der Waals surface area contributed by atoms with Crippen molar-refractivity contribution in [3.8, 4) is 0 Å². The van der Waals surface area contributed by atoms with E-state index < -0.39 is 22.5 Å². The second-order valence-corrected chi connectivity index (χ2v) is 8.51. The van der Waals surface area contributed by atoms with Crippen molar-refractivity contribution in [3.05, 3.63) is 95.3 Å². The molecule has 0 saturated heterocycles. The van der Waals surface area contributed by atoms with E-state index in [1.54, 1.807) is 48.5 Å². The van der Waals surface area contributed by atoms with E-state index in [4.69, 9.17) is 11.6 Å². The van der Waals surface area contributed by atoms with Crippen LogP contribution in [0.15, 0.2) is 83.8 Å². The quantitative estimate of drug-likeness (QED) is 0.613.